The number of aryl methyl sites for hydroxylation is 2. The molecule has 26 heavy (non-hydrogen) atoms. The smallest absolute Gasteiger partial charge is 0.234 e. The fraction of sp³-hybridized carbons (Fsp3) is 0.650. The Labute approximate surface area is 159 Å². The molecule has 1 aliphatic heterocycles. The Morgan fingerprint density at radius 2 is 2.04 bits per heavy atom. The van der Waals surface area contributed by atoms with Gasteiger partial charge in [-0.2, -0.15) is 0 Å². The van der Waals surface area contributed by atoms with Crippen molar-refractivity contribution >= 4 is 28.3 Å². The van der Waals surface area contributed by atoms with Crippen molar-refractivity contribution in [2.45, 2.75) is 63.8 Å². The van der Waals surface area contributed by atoms with Gasteiger partial charge in [-0.25, -0.2) is 4.98 Å². The van der Waals surface area contributed by atoms with E-state index in [0.717, 1.165) is 36.5 Å². The summed E-state index contributed by atoms with van der Waals surface area (Å²) in [6.07, 6.45) is 11.1. The number of hydrogen-bond donors (Lipinski definition) is 0. The van der Waals surface area contributed by atoms with Crippen LogP contribution in [0.3, 0.4) is 0 Å². The Hall–Kier alpha value is -1.69. The van der Waals surface area contributed by atoms with E-state index in [1.807, 2.05) is 4.90 Å². The first-order valence-electron chi connectivity index (χ1n) is 9.87. The number of thiazole rings is 1. The summed E-state index contributed by atoms with van der Waals surface area (Å²) in [5.41, 5.74) is 1.16. The number of likely N-dealkylation sites (tertiary alicyclic amines) is 1. The molecule has 1 aromatic rings. The van der Waals surface area contributed by atoms with Crippen LogP contribution in [-0.4, -0.2) is 40.8 Å². The molecule has 1 saturated carbocycles. The Morgan fingerprint density at radius 1 is 1.27 bits per heavy atom. The minimum atomic E-state index is -0.246. The minimum absolute atomic E-state index is 0.0323. The van der Waals surface area contributed by atoms with Gasteiger partial charge in [-0.15, -0.1) is 17.9 Å². The zero-order chi connectivity index (χ0) is 18.1. The number of carbonyl (C=O) groups is 2. The molecule has 2 aliphatic carbocycles. The summed E-state index contributed by atoms with van der Waals surface area (Å²) in [4.78, 5) is 35.5. The van der Waals surface area contributed by atoms with E-state index < -0.39 is 0 Å². The fourth-order valence-corrected chi connectivity index (χ4v) is 5.69. The summed E-state index contributed by atoms with van der Waals surface area (Å²) in [6, 6.07) is 0.348. The third kappa shape index (κ3) is 3.31. The van der Waals surface area contributed by atoms with Gasteiger partial charge in [0.1, 0.15) is 0 Å². The maximum Gasteiger partial charge on any atom is 0.234 e. The first-order chi connectivity index (χ1) is 12.7. The Kier molecular flexibility index (Phi) is 5.11. The number of hydrogen-bond acceptors (Lipinski definition) is 4. The van der Waals surface area contributed by atoms with Gasteiger partial charge in [-0.3, -0.25) is 14.5 Å². The average Bonchev–Trinajstić information content (AvgIpc) is 3.37. The van der Waals surface area contributed by atoms with Crippen molar-refractivity contribution in [3.63, 3.8) is 0 Å². The van der Waals surface area contributed by atoms with E-state index >= 15 is 0 Å². The molecule has 5 nitrogen and oxygen atoms in total. The van der Waals surface area contributed by atoms with Gasteiger partial charge in [0.15, 0.2) is 5.13 Å². The van der Waals surface area contributed by atoms with Crippen LogP contribution in [0.15, 0.2) is 12.7 Å². The van der Waals surface area contributed by atoms with Gasteiger partial charge in [-0.1, -0.05) is 18.9 Å². The number of rotatable bonds is 5. The van der Waals surface area contributed by atoms with Crippen LogP contribution in [0.1, 0.15) is 55.5 Å². The van der Waals surface area contributed by atoms with E-state index in [9.17, 15) is 9.59 Å². The van der Waals surface area contributed by atoms with E-state index in [0.29, 0.717) is 25.6 Å². The normalized spacial score (nSPS) is 23.3. The number of fused-ring (bicyclic) bond motifs is 1. The maximum atomic E-state index is 13.2. The molecule has 2 fully saturated rings. The molecular formula is C20H27N3O2S. The topological polar surface area (TPSA) is 53.5 Å². The first-order valence-corrected chi connectivity index (χ1v) is 10.7. The minimum Gasteiger partial charge on any atom is -0.339 e. The number of amides is 2. The fourth-order valence-electron chi connectivity index (χ4n) is 4.53. The third-order valence-corrected chi connectivity index (χ3v) is 7.10. The van der Waals surface area contributed by atoms with Crippen molar-refractivity contribution in [1.82, 2.24) is 9.88 Å². The number of aromatic nitrogens is 1. The van der Waals surface area contributed by atoms with Crippen molar-refractivity contribution in [2.75, 3.05) is 18.0 Å². The van der Waals surface area contributed by atoms with Crippen LogP contribution in [-0.2, 0) is 22.4 Å². The van der Waals surface area contributed by atoms with Crippen LogP contribution >= 0.6 is 11.3 Å². The second-order valence-electron chi connectivity index (χ2n) is 7.70. The summed E-state index contributed by atoms with van der Waals surface area (Å²) >= 11 is 1.65. The number of carbonyl (C=O) groups excluding carboxylic acids is 2. The lowest BCUT2D eigenvalue weighted by Crippen LogP contribution is -2.39. The second kappa shape index (κ2) is 7.51. The largest absolute Gasteiger partial charge is 0.339 e. The molecule has 0 N–H and O–H groups in total. The van der Waals surface area contributed by atoms with E-state index in [1.165, 1.54) is 30.6 Å². The van der Waals surface area contributed by atoms with E-state index in [2.05, 4.69) is 6.58 Å². The number of anilines is 1. The molecule has 0 unspecified atom stereocenters. The predicted octanol–water partition coefficient (Wildman–Crippen LogP) is 3.33. The van der Waals surface area contributed by atoms with Crippen LogP contribution in [0.25, 0.3) is 0 Å². The molecule has 0 spiro atoms. The molecule has 1 aromatic heterocycles. The van der Waals surface area contributed by atoms with Gasteiger partial charge in [0.05, 0.1) is 11.6 Å². The molecule has 0 bridgehead atoms. The molecule has 2 amide bonds. The van der Waals surface area contributed by atoms with Gasteiger partial charge in [0.2, 0.25) is 11.8 Å². The van der Waals surface area contributed by atoms with Gasteiger partial charge < -0.3 is 4.90 Å². The zero-order valence-corrected chi connectivity index (χ0v) is 16.1. The average molecular weight is 374 g/mol. The maximum absolute atomic E-state index is 13.2. The van der Waals surface area contributed by atoms with Crippen molar-refractivity contribution in [2.24, 2.45) is 5.92 Å². The summed E-state index contributed by atoms with van der Waals surface area (Å²) in [5, 5.41) is 0.786. The Balaban J connectivity index is 1.51. The quantitative estimate of drug-likeness (QED) is 0.744. The van der Waals surface area contributed by atoms with Gasteiger partial charge in [0, 0.05) is 30.4 Å². The van der Waals surface area contributed by atoms with Crippen molar-refractivity contribution < 1.29 is 9.59 Å². The first kappa shape index (κ1) is 17.7. The Bertz CT molecular complexity index is 684. The molecule has 1 saturated heterocycles. The van der Waals surface area contributed by atoms with Crippen molar-refractivity contribution in [3.05, 3.63) is 23.2 Å². The van der Waals surface area contributed by atoms with Crippen LogP contribution in [0.2, 0.25) is 0 Å². The van der Waals surface area contributed by atoms with E-state index in [-0.39, 0.29) is 17.7 Å². The monoisotopic (exact) mass is 373 g/mol. The molecular weight excluding hydrogens is 346 g/mol. The molecule has 2 heterocycles. The van der Waals surface area contributed by atoms with Crippen LogP contribution in [0.4, 0.5) is 5.13 Å². The molecule has 1 atom stereocenters. The lowest BCUT2D eigenvalue weighted by atomic mass is 10.0. The third-order valence-electron chi connectivity index (χ3n) is 5.92. The zero-order valence-electron chi connectivity index (χ0n) is 15.3. The standard InChI is InChI=1S/C20H27N3O2S/c1-2-11-22(20-21-16-9-5-6-10-17(16)26-20)19(25)14-12-18(24)23(13-14)15-7-3-4-8-15/h2,14-15H,1,3-13H2/t14-/m0/s1. The number of nitrogens with zero attached hydrogens (tertiary/aromatic N) is 3. The highest BCUT2D eigenvalue weighted by atomic mass is 32.1. The SMILES string of the molecule is C=CCN(C(=O)[C@H]1CC(=O)N(C2CCCC2)C1)c1nc2c(s1)CCCC2. The highest BCUT2D eigenvalue weighted by Gasteiger charge is 2.40. The van der Waals surface area contributed by atoms with Crippen LogP contribution in [0.5, 0.6) is 0 Å². The van der Waals surface area contributed by atoms with Crippen molar-refractivity contribution in [3.8, 4) is 0 Å². The second-order valence-corrected chi connectivity index (χ2v) is 8.76. The summed E-state index contributed by atoms with van der Waals surface area (Å²) in [7, 11) is 0. The van der Waals surface area contributed by atoms with Gasteiger partial charge in [0.25, 0.3) is 0 Å². The summed E-state index contributed by atoms with van der Waals surface area (Å²) < 4.78 is 0. The highest BCUT2D eigenvalue weighted by Crippen LogP contribution is 2.34. The highest BCUT2D eigenvalue weighted by molar-refractivity contribution is 7.16. The molecule has 4 rings (SSSR count). The molecule has 0 radical (unpaired) electrons. The van der Waals surface area contributed by atoms with Gasteiger partial charge in [-0.05, 0) is 38.5 Å². The van der Waals surface area contributed by atoms with Crippen LogP contribution < -0.4 is 4.90 Å². The summed E-state index contributed by atoms with van der Waals surface area (Å²) in [5.74, 6) is -0.0685. The van der Waals surface area contributed by atoms with Crippen LogP contribution in [0, 0.1) is 5.92 Å². The predicted molar refractivity (Wildman–Crippen MR) is 103 cm³/mol. The van der Waals surface area contributed by atoms with Crippen molar-refractivity contribution in [1.29, 1.82) is 0 Å². The molecule has 3 aliphatic rings. The van der Waals surface area contributed by atoms with E-state index in [1.54, 1.807) is 22.3 Å². The lowest BCUT2D eigenvalue weighted by Gasteiger charge is -2.25. The lowest BCUT2D eigenvalue weighted by molar-refractivity contribution is -0.130. The Morgan fingerprint density at radius 3 is 2.77 bits per heavy atom. The molecule has 0 aromatic carbocycles. The summed E-state index contributed by atoms with van der Waals surface area (Å²) in [6.45, 7) is 4.84. The molecule has 140 valence electrons. The van der Waals surface area contributed by atoms with E-state index in [4.69, 9.17) is 4.98 Å². The molecule has 6 heteroatoms. The van der Waals surface area contributed by atoms with Gasteiger partial charge >= 0.3 is 0 Å².